The molecule has 0 atom stereocenters. The number of rotatable bonds is 2. The van der Waals surface area contributed by atoms with Crippen LogP contribution in [0.1, 0.15) is 0 Å². The molecule has 0 spiro atoms. The van der Waals surface area contributed by atoms with Crippen molar-refractivity contribution in [2.75, 3.05) is 11.9 Å². The van der Waals surface area contributed by atoms with Gasteiger partial charge in [0.05, 0.1) is 17.1 Å². The van der Waals surface area contributed by atoms with Crippen LogP contribution in [-0.4, -0.2) is 12.5 Å². The topological polar surface area (TPSA) is 36.4 Å². The van der Waals surface area contributed by atoms with Crippen LogP contribution in [-0.2, 0) is 0 Å². The van der Waals surface area contributed by atoms with Crippen LogP contribution in [0.5, 0.6) is 0 Å². The first-order chi connectivity index (χ1) is 7.29. The Morgan fingerprint density at radius 1 is 1.53 bits per heavy atom. The summed E-state index contributed by atoms with van der Waals surface area (Å²) < 4.78 is 3.09. The van der Waals surface area contributed by atoms with Crippen molar-refractivity contribution >= 4 is 35.2 Å². The van der Waals surface area contributed by atoms with Gasteiger partial charge in [0, 0.05) is 5.02 Å². The molecule has 0 unspecified atom stereocenters. The molecule has 3 nitrogen and oxygen atoms in total. The molecule has 0 amide bonds. The van der Waals surface area contributed by atoms with Crippen LogP contribution in [0.25, 0.3) is 0 Å². The highest BCUT2D eigenvalue weighted by Crippen LogP contribution is 2.31. The third-order valence-corrected chi connectivity index (χ3v) is 2.92. The predicted molar refractivity (Wildman–Crippen MR) is 66.6 cm³/mol. The molecule has 0 radical (unpaired) electrons. The molecule has 2 rings (SSSR count). The number of hydrogen-bond acceptors (Lipinski definition) is 2. The summed E-state index contributed by atoms with van der Waals surface area (Å²) in [6.07, 6.45) is 1.75. The van der Waals surface area contributed by atoms with Gasteiger partial charge in [0.25, 0.3) is 0 Å². The maximum atomic E-state index is 5.88. The number of aliphatic imine (C=N–C) groups is 1. The number of anilines is 1. The average molecular weight is 240 g/mol. The summed E-state index contributed by atoms with van der Waals surface area (Å²) in [5, 5.41) is 3.90. The molecular formula is C10H10ClN3S. The van der Waals surface area contributed by atoms with Crippen molar-refractivity contribution in [3.05, 3.63) is 35.9 Å². The molecule has 78 valence electrons. The second-order valence-electron chi connectivity index (χ2n) is 2.95. The summed E-state index contributed by atoms with van der Waals surface area (Å²) in [7, 11) is 0. The van der Waals surface area contributed by atoms with Crippen LogP contribution in [0.2, 0.25) is 5.02 Å². The molecule has 1 aliphatic rings. The Labute approximate surface area is 97.8 Å². The van der Waals surface area contributed by atoms with Crippen molar-refractivity contribution < 1.29 is 0 Å². The van der Waals surface area contributed by atoms with Gasteiger partial charge >= 0.3 is 0 Å². The standard InChI is InChI=1S/C10H10ClN3S/c1-2-5-12-10-13-8-4-3-7(11)6-9(8)15-14-10/h2-4,6H,1,5H2,(H2,12,13,14). The van der Waals surface area contributed by atoms with Gasteiger partial charge in [-0.2, -0.15) is 0 Å². The molecule has 0 saturated carbocycles. The minimum atomic E-state index is 0.596. The molecule has 0 aromatic heterocycles. The average Bonchev–Trinajstić information content (AvgIpc) is 2.26. The van der Waals surface area contributed by atoms with E-state index in [1.54, 1.807) is 6.08 Å². The summed E-state index contributed by atoms with van der Waals surface area (Å²) >= 11 is 7.38. The Kier molecular flexibility index (Phi) is 3.18. The van der Waals surface area contributed by atoms with Crippen LogP contribution in [0.4, 0.5) is 5.69 Å². The largest absolute Gasteiger partial charge is 0.325 e. The van der Waals surface area contributed by atoms with E-state index in [2.05, 4.69) is 21.6 Å². The Hall–Kier alpha value is -1.13. The van der Waals surface area contributed by atoms with Crippen molar-refractivity contribution in [2.24, 2.45) is 4.99 Å². The summed E-state index contributed by atoms with van der Waals surface area (Å²) in [6.45, 7) is 4.21. The van der Waals surface area contributed by atoms with Gasteiger partial charge in [0.1, 0.15) is 0 Å². The Balaban J connectivity index is 2.20. The number of nitrogens with one attached hydrogen (secondary N) is 2. The van der Waals surface area contributed by atoms with Crippen molar-refractivity contribution in [3.8, 4) is 0 Å². The fourth-order valence-corrected chi connectivity index (χ4v) is 2.14. The number of hydrogen-bond donors (Lipinski definition) is 2. The van der Waals surface area contributed by atoms with E-state index in [4.69, 9.17) is 11.6 Å². The van der Waals surface area contributed by atoms with Crippen LogP contribution in [0, 0.1) is 0 Å². The molecule has 1 aromatic carbocycles. The monoisotopic (exact) mass is 239 g/mol. The zero-order valence-corrected chi connectivity index (χ0v) is 9.53. The van der Waals surface area contributed by atoms with Crippen molar-refractivity contribution in [2.45, 2.75) is 4.90 Å². The summed E-state index contributed by atoms with van der Waals surface area (Å²) in [5.41, 5.74) is 1.02. The van der Waals surface area contributed by atoms with Gasteiger partial charge in [0.2, 0.25) is 5.96 Å². The zero-order valence-electron chi connectivity index (χ0n) is 7.96. The minimum absolute atomic E-state index is 0.596. The van der Waals surface area contributed by atoms with Gasteiger partial charge in [-0.25, -0.2) is 4.99 Å². The maximum Gasteiger partial charge on any atom is 0.206 e. The van der Waals surface area contributed by atoms with E-state index in [0.717, 1.165) is 21.6 Å². The van der Waals surface area contributed by atoms with Gasteiger partial charge in [-0.05, 0) is 30.1 Å². The van der Waals surface area contributed by atoms with Gasteiger partial charge < -0.3 is 5.32 Å². The van der Waals surface area contributed by atoms with Gasteiger partial charge in [-0.1, -0.05) is 17.7 Å². The fraction of sp³-hybridized carbons (Fsp3) is 0.100. The maximum absolute atomic E-state index is 5.88. The second-order valence-corrected chi connectivity index (χ2v) is 4.23. The van der Waals surface area contributed by atoms with E-state index in [1.165, 1.54) is 11.9 Å². The quantitative estimate of drug-likeness (QED) is 0.616. The SMILES string of the molecule is C=CCN=C1NSc2cc(Cl)ccc2N1. The number of nitrogens with zero attached hydrogens (tertiary/aromatic N) is 1. The Bertz CT molecular complexity index is 417. The predicted octanol–water partition coefficient (Wildman–Crippen LogP) is 2.90. The lowest BCUT2D eigenvalue weighted by Crippen LogP contribution is -2.29. The second kappa shape index (κ2) is 4.59. The van der Waals surface area contributed by atoms with Gasteiger partial charge in [-0.3, -0.25) is 4.72 Å². The van der Waals surface area contributed by atoms with Gasteiger partial charge in [0.15, 0.2) is 0 Å². The number of halogens is 1. The highest BCUT2D eigenvalue weighted by molar-refractivity contribution is 7.98. The molecule has 1 aliphatic heterocycles. The van der Waals surface area contributed by atoms with Gasteiger partial charge in [-0.15, -0.1) is 6.58 Å². The number of fused-ring (bicyclic) bond motifs is 1. The van der Waals surface area contributed by atoms with Crippen LogP contribution < -0.4 is 10.0 Å². The van der Waals surface area contributed by atoms with Crippen molar-refractivity contribution in [1.29, 1.82) is 0 Å². The third kappa shape index (κ3) is 2.46. The normalized spacial score (nSPS) is 16.5. The van der Waals surface area contributed by atoms with Crippen LogP contribution >= 0.6 is 23.5 Å². The van der Waals surface area contributed by atoms with Crippen LogP contribution in [0.15, 0.2) is 40.7 Å². The molecule has 1 aromatic rings. The number of guanidine groups is 1. The smallest absolute Gasteiger partial charge is 0.206 e. The first kappa shape index (κ1) is 10.4. The zero-order chi connectivity index (χ0) is 10.7. The van der Waals surface area contributed by atoms with E-state index in [0.29, 0.717) is 6.54 Å². The molecule has 5 heteroatoms. The molecule has 0 fully saturated rings. The van der Waals surface area contributed by atoms with Crippen molar-refractivity contribution in [1.82, 2.24) is 4.72 Å². The van der Waals surface area contributed by atoms with Crippen LogP contribution in [0.3, 0.4) is 0 Å². The molecule has 2 N–H and O–H groups in total. The lowest BCUT2D eigenvalue weighted by atomic mass is 10.3. The Morgan fingerprint density at radius 2 is 2.40 bits per heavy atom. The van der Waals surface area contributed by atoms with E-state index < -0.39 is 0 Å². The highest BCUT2D eigenvalue weighted by Gasteiger charge is 2.12. The summed E-state index contributed by atoms with van der Waals surface area (Å²) in [5.74, 6) is 0.745. The molecule has 0 bridgehead atoms. The van der Waals surface area contributed by atoms with E-state index >= 15 is 0 Å². The number of benzene rings is 1. The third-order valence-electron chi connectivity index (χ3n) is 1.83. The minimum Gasteiger partial charge on any atom is -0.325 e. The summed E-state index contributed by atoms with van der Waals surface area (Å²) in [6, 6.07) is 5.70. The molecule has 0 saturated heterocycles. The van der Waals surface area contributed by atoms with E-state index in [-0.39, 0.29) is 0 Å². The molecule has 0 aliphatic carbocycles. The first-order valence-electron chi connectivity index (χ1n) is 4.44. The molecular weight excluding hydrogens is 230 g/mol. The highest BCUT2D eigenvalue weighted by atomic mass is 35.5. The fourth-order valence-electron chi connectivity index (χ4n) is 1.17. The van der Waals surface area contributed by atoms with E-state index in [9.17, 15) is 0 Å². The van der Waals surface area contributed by atoms with Crippen molar-refractivity contribution in [3.63, 3.8) is 0 Å². The lowest BCUT2D eigenvalue weighted by molar-refractivity contribution is 1.19. The summed E-state index contributed by atoms with van der Waals surface area (Å²) in [4.78, 5) is 5.32. The molecule has 1 heterocycles. The Morgan fingerprint density at radius 3 is 3.20 bits per heavy atom. The van der Waals surface area contributed by atoms with E-state index in [1.807, 2.05) is 18.2 Å². The molecule has 15 heavy (non-hydrogen) atoms. The first-order valence-corrected chi connectivity index (χ1v) is 5.64. The lowest BCUT2D eigenvalue weighted by Gasteiger charge is -2.20.